The van der Waals surface area contributed by atoms with Crippen LogP contribution in [-0.4, -0.2) is 23.2 Å². The van der Waals surface area contributed by atoms with Gasteiger partial charge in [0.1, 0.15) is 5.82 Å². The first-order valence-corrected chi connectivity index (χ1v) is 6.49. The van der Waals surface area contributed by atoms with E-state index >= 15 is 0 Å². The van der Waals surface area contributed by atoms with Crippen molar-refractivity contribution in [3.8, 4) is 0 Å². The van der Waals surface area contributed by atoms with Crippen LogP contribution in [0.1, 0.15) is 31.1 Å². The highest BCUT2D eigenvalue weighted by molar-refractivity contribution is 9.10. The summed E-state index contributed by atoms with van der Waals surface area (Å²) in [6.07, 6.45) is 0. The fraction of sp³-hybridized carbons (Fsp3) is 0.462. The maximum atomic E-state index is 13.0. The Kier molecular flexibility index (Phi) is 4.87. The van der Waals surface area contributed by atoms with Gasteiger partial charge in [0.2, 0.25) is 0 Å². The molecule has 0 bridgehead atoms. The molecule has 1 aromatic carbocycles. The number of nitrogens with one attached hydrogen (secondary N) is 1. The Balaban J connectivity index is 2.69. The maximum absolute atomic E-state index is 13.0. The van der Waals surface area contributed by atoms with Gasteiger partial charge in [0, 0.05) is 12.1 Å². The summed E-state index contributed by atoms with van der Waals surface area (Å²) in [6.45, 7) is 5.57. The number of aliphatic hydroxyl groups is 1. The standard InChI is InChI=1S/C13H17BrFNO2/c1-8(2)13(3,18)7-16-12(17)9-4-5-11(15)10(14)6-9/h4-6,8,18H,7H2,1-3H3,(H,16,17). The van der Waals surface area contributed by atoms with Crippen molar-refractivity contribution in [2.24, 2.45) is 5.92 Å². The van der Waals surface area contributed by atoms with Crippen LogP contribution in [0.5, 0.6) is 0 Å². The van der Waals surface area contributed by atoms with Crippen molar-refractivity contribution in [3.63, 3.8) is 0 Å². The van der Waals surface area contributed by atoms with Crippen LogP contribution in [0.3, 0.4) is 0 Å². The van der Waals surface area contributed by atoms with Crippen molar-refractivity contribution in [1.29, 1.82) is 0 Å². The average Bonchev–Trinajstić information content (AvgIpc) is 2.29. The van der Waals surface area contributed by atoms with E-state index in [1.54, 1.807) is 6.92 Å². The van der Waals surface area contributed by atoms with Crippen molar-refractivity contribution in [2.75, 3.05) is 6.54 Å². The maximum Gasteiger partial charge on any atom is 0.251 e. The average molecular weight is 318 g/mol. The van der Waals surface area contributed by atoms with Crippen molar-refractivity contribution in [3.05, 3.63) is 34.1 Å². The van der Waals surface area contributed by atoms with Crippen molar-refractivity contribution in [2.45, 2.75) is 26.4 Å². The summed E-state index contributed by atoms with van der Waals surface area (Å²) >= 11 is 3.02. The predicted octanol–water partition coefficient (Wildman–Crippen LogP) is 2.73. The molecule has 0 aliphatic rings. The van der Waals surface area contributed by atoms with Crippen LogP contribution >= 0.6 is 15.9 Å². The Morgan fingerprint density at radius 3 is 2.67 bits per heavy atom. The molecule has 1 amide bonds. The first-order chi connectivity index (χ1) is 8.24. The molecule has 1 rings (SSSR count). The Morgan fingerprint density at radius 2 is 2.17 bits per heavy atom. The zero-order valence-electron chi connectivity index (χ0n) is 10.6. The van der Waals surface area contributed by atoms with Crippen molar-refractivity contribution in [1.82, 2.24) is 5.32 Å². The molecule has 1 aromatic rings. The Bertz CT molecular complexity index is 447. The predicted molar refractivity (Wildman–Crippen MR) is 71.9 cm³/mol. The summed E-state index contributed by atoms with van der Waals surface area (Å²) in [4.78, 5) is 11.8. The number of carbonyl (C=O) groups is 1. The number of hydrogen-bond donors (Lipinski definition) is 2. The SMILES string of the molecule is CC(C)C(C)(O)CNC(=O)c1ccc(F)c(Br)c1. The van der Waals surface area contributed by atoms with Crippen molar-refractivity contribution >= 4 is 21.8 Å². The zero-order valence-corrected chi connectivity index (χ0v) is 12.2. The quantitative estimate of drug-likeness (QED) is 0.897. The second kappa shape index (κ2) is 5.80. The lowest BCUT2D eigenvalue weighted by molar-refractivity contribution is 0.0142. The molecule has 0 saturated carbocycles. The molecule has 0 radical (unpaired) electrons. The summed E-state index contributed by atoms with van der Waals surface area (Å²) in [5, 5.41) is 12.6. The van der Waals surface area contributed by atoms with Crippen LogP contribution in [0.25, 0.3) is 0 Å². The lowest BCUT2D eigenvalue weighted by atomic mass is 9.92. The second-order valence-corrected chi connectivity index (χ2v) is 5.68. The largest absolute Gasteiger partial charge is 0.388 e. The van der Waals surface area contributed by atoms with E-state index in [1.807, 2.05) is 13.8 Å². The molecule has 0 aliphatic carbocycles. The fourth-order valence-corrected chi connectivity index (χ4v) is 1.58. The smallest absolute Gasteiger partial charge is 0.251 e. The summed E-state index contributed by atoms with van der Waals surface area (Å²) in [7, 11) is 0. The summed E-state index contributed by atoms with van der Waals surface area (Å²) < 4.78 is 13.3. The molecule has 1 atom stereocenters. The van der Waals surface area contributed by atoms with Crippen LogP contribution in [0.15, 0.2) is 22.7 Å². The molecule has 1 unspecified atom stereocenters. The van der Waals surface area contributed by atoms with Gasteiger partial charge >= 0.3 is 0 Å². The molecule has 0 heterocycles. The van der Waals surface area contributed by atoms with Gasteiger partial charge in [0.15, 0.2) is 0 Å². The molecule has 0 fully saturated rings. The molecular formula is C13H17BrFNO2. The molecule has 100 valence electrons. The van der Waals surface area contributed by atoms with Gasteiger partial charge in [-0.05, 0) is 47.0 Å². The highest BCUT2D eigenvalue weighted by atomic mass is 79.9. The van der Waals surface area contributed by atoms with E-state index in [4.69, 9.17) is 0 Å². The van der Waals surface area contributed by atoms with E-state index in [9.17, 15) is 14.3 Å². The van der Waals surface area contributed by atoms with E-state index in [0.29, 0.717) is 5.56 Å². The van der Waals surface area contributed by atoms with E-state index in [2.05, 4.69) is 21.2 Å². The number of amides is 1. The molecule has 0 saturated heterocycles. The van der Waals surface area contributed by atoms with Gasteiger partial charge in [0.25, 0.3) is 5.91 Å². The minimum atomic E-state index is -0.965. The van der Waals surface area contributed by atoms with Crippen LogP contribution < -0.4 is 5.32 Å². The molecular weight excluding hydrogens is 301 g/mol. The van der Waals surface area contributed by atoms with Gasteiger partial charge in [-0.1, -0.05) is 13.8 Å². The minimum Gasteiger partial charge on any atom is -0.388 e. The minimum absolute atomic E-state index is 0.0257. The Hall–Kier alpha value is -0.940. The molecule has 0 aromatic heterocycles. The van der Waals surface area contributed by atoms with Crippen LogP contribution in [0.4, 0.5) is 4.39 Å². The molecule has 0 aliphatic heterocycles. The van der Waals surface area contributed by atoms with Gasteiger partial charge in [0.05, 0.1) is 10.1 Å². The third-order valence-electron chi connectivity index (χ3n) is 3.03. The topological polar surface area (TPSA) is 49.3 Å². The molecule has 3 nitrogen and oxygen atoms in total. The van der Waals surface area contributed by atoms with Gasteiger partial charge < -0.3 is 10.4 Å². The molecule has 5 heteroatoms. The number of carbonyl (C=O) groups excluding carboxylic acids is 1. The summed E-state index contributed by atoms with van der Waals surface area (Å²) in [5.41, 5.74) is -0.616. The van der Waals surface area contributed by atoms with E-state index in [0.717, 1.165) is 0 Å². The molecule has 18 heavy (non-hydrogen) atoms. The van der Waals surface area contributed by atoms with Crippen LogP contribution in [0.2, 0.25) is 0 Å². The monoisotopic (exact) mass is 317 g/mol. The first kappa shape index (κ1) is 15.1. The number of benzene rings is 1. The highest BCUT2D eigenvalue weighted by Crippen LogP contribution is 2.18. The van der Waals surface area contributed by atoms with E-state index in [-0.39, 0.29) is 22.8 Å². The van der Waals surface area contributed by atoms with Gasteiger partial charge in [-0.15, -0.1) is 0 Å². The number of halogens is 2. The van der Waals surface area contributed by atoms with Crippen LogP contribution in [-0.2, 0) is 0 Å². The van der Waals surface area contributed by atoms with E-state index < -0.39 is 11.4 Å². The molecule has 0 spiro atoms. The second-order valence-electron chi connectivity index (χ2n) is 4.82. The summed E-state index contributed by atoms with van der Waals surface area (Å²) in [6, 6.07) is 4.04. The summed E-state index contributed by atoms with van der Waals surface area (Å²) in [5.74, 6) is -0.727. The lowest BCUT2D eigenvalue weighted by Crippen LogP contribution is -2.44. The number of hydrogen-bond acceptors (Lipinski definition) is 2. The lowest BCUT2D eigenvalue weighted by Gasteiger charge is -2.27. The third kappa shape index (κ3) is 3.78. The van der Waals surface area contributed by atoms with Gasteiger partial charge in [-0.3, -0.25) is 4.79 Å². The first-order valence-electron chi connectivity index (χ1n) is 5.69. The van der Waals surface area contributed by atoms with Crippen LogP contribution in [0, 0.1) is 11.7 Å². The number of rotatable bonds is 4. The zero-order chi connectivity index (χ0) is 13.9. The van der Waals surface area contributed by atoms with Crippen molar-refractivity contribution < 1.29 is 14.3 Å². The van der Waals surface area contributed by atoms with Gasteiger partial charge in [-0.25, -0.2) is 4.39 Å². The fourth-order valence-electron chi connectivity index (χ4n) is 1.20. The van der Waals surface area contributed by atoms with E-state index in [1.165, 1.54) is 18.2 Å². The highest BCUT2D eigenvalue weighted by Gasteiger charge is 2.25. The molecule has 2 N–H and O–H groups in total. The normalized spacial score (nSPS) is 14.4. The third-order valence-corrected chi connectivity index (χ3v) is 3.64. The Morgan fingerprint density at radius 1 is 1.56 bits per heavy atom. The Labute approximate surface area is 115 Å². The van der Waals surface area contributed by atoms with Gasteiger partial charge in [-0.2, -0.15) is 0 Å².